The van der Waals surface area contributed by atoms with Gasteiger partial charge in [-0.15, -0.1) is 0 Å². The molecule has 3 rings (SSSR count). The number of aryl methyl sites for hydroxylation is 2. The summed E-state index contributed by atoms with van der Waals surface area (Å²) < 4.78 is 28.6. The first-order valence-electron chi connectivity index (χ1n) is 8.73. The molecule has 7 nitrogen and oxygen atoms in total. The van der Waals surface area contributed by atoms with E-state index in [0.717, 1.165) is 0 Å². The van der Waals surface area contributed by atoms with Crippen molar-refractivity contribution in [2.24, 2.45) is 7.05 Å². The maximum atomic E-state index is 12.9. The number of benzene rings is 1. The predicted molar refractivity (Wildman–Crippen MR) is 114 cm³/mol. The van der Waals surface area contributed by atoms with Crippen molar-refractivity contribution in [1.29, 1.82) is 0 Å². The van der Waals surface area contributed by atoms with Gasteiger partial charge < -0.3 is 4.90 Å². The third kappa shape index (κ3) is 4.46. The van der Waals surface area contributed by atoms with Gasteiger partial charge in [-0.2, -0.15) is 9.40 Å². The molecular weight excluding hydrogens is 459 g/mol. The molecule has 0 bridgehead atoms. The zero-order chi connectivity index (χ0) is 21.3. The number of carbonyl (C=O) groups is 1. The van der Waals surface area contributed by atoms with Gasteiger partial charge in [-0.25, -0.2) is 8.42 Å². The molecule has 0 atom stereocenters. The summed E-state index contributed by atoms with van der Waals surface area (Å²) in [6.07, 6.45) is 3.05. The van der Waals surface area contributed by atoms with Gasteiger partial charge >= 0.3 is 0 Å². The number of carbonyl (C=O) groups excluding carboxylic acids is 1. The zero-order valence-electron chi connectivity index (χ0n) is 15.8. The molecule has 0 saturated carbocycles. The molecule has 156 valence electrons. The smallest absolute Gasteiger partial charge is 0.246 e. The molecule has 1 saturated heterocycles. The number of nitrogens with zero attached hydrogens (tertiary/aromatic N) is 4. The molecule has 1 aliphatic rings. The zero-order valence-corrected chi connectivity index (χ0v) is 18.9. The van der Waals surface area contributed by atoms with Gasteiger partial charge in [0.1, 0.15) is 10.0 Å². The minimum absolute atomic E-state index is 0.0719. The predicted octanol–water partition coefficient (Wildman–Crippen LogP) is 3.24. The lowest BCUT2D eigenvalue weighted by Crippen LogP contribution is -2.50. The summed E-state index contributed by atoms with van der Waals surface area (Å²) in [7, 11) is -2.13. The van der Waals surface area contributed by atoms with Crippen LogP contribution in [0.3, 0.4) is 0 Å². The van der Waals surface area contributed by atoms with Crippen LogP contribution >= 0.6 is 34.8 Å². The van der Waals surface area contributed by atoms with Gasteiger partial charge in [-0.05, 0) is 25.1 Å². The Morgan fingerprint density at radius 2 is 1.69 bits per heavy atom. The molecule has 11 heteroatoms. The van der Waals surface area contributed by atoms with Crippen molar-refractivity contribution in [2.75, 3.05) is 26.2 Å². The second kappa shape index (κ2) is 8.65. The van der Waals surface area contributed by atoms with E-state index in [1.807, 2.05) is 0 Å². The molecule has 0 N–H and O–H groups in total. The lowest BCUT2D eigenvalue weighted by Gasteiger charge is -2.33. The van der Waals surface area contributed by atoms with Crippen LogP contribution in [0.5, 0.6) is 0 Å². The maximum Gasteiger partial charge on any atom is 0.246 e. The minimum atomic E-state index is -3.85. The van der Waals surface area contributed by atoms with E-state index in [0.29, 0.717) is 16.4 Å². The molecule has 0 unspecified atom stereocenters. The van der Waals surface area contributed by atoms with Gasteiger partial charge in [0.15, 0.2) is 0 Å². The highest BCUT2D eigenvalue weighted by Gasteiger charge is 2.32. The Hall–Kier alpha value is -1.58. The Morgan fingerprint density at radius 3 is 2.21 bits per heavy atom. The van der Waals surface area contributed by atoms with Gasteiger partial charge in [0, 0.05) is 44.9 Å². The summed E-state index contributed by atoms with van der Waals surface area (Å²) in [4.78, 5) is 14.0. The molecule has 0 aliphatic carbocycles. The van der Waals surface area contributed by atoms with Crippen molar-refractivity contribution in [1.82, 2.24) is 19.0 Å². The Bertz CT molecular complexity index is 1050. The van der Waals surface area contributed by atoms with Crippen molar-refractivity contribution in [3.05, 3.63) is 50.7 Å². The van der Waals surface area contributed by atoms with Gasteiger partial charge in [-0.3, -0.25) is 9.48 Å². The van der Waals surface area contributed by atoms with Crippen LogP contribution in [0, 0.1) is 6.92 Å². The van der Waals surface area contributed by atoms with Crippen molar-refractivity contribution < 1.29 is 13.2 Å². The number of piperazine rings is 1. The Morgan fingerprint density at radius 1 is 1.10 bits per heavy atom. The summed E-state index contributed by atoms with van der Waals surface area (Å²) in [6.45, 7) is 2.61. The van der Waals surface area contributed by atoms with Gasteiger partial charge in [0.25, 0.3) is 0 Å². The maximum absolute atomic E-state index is 12.9. The molecule has 1 amide bonds. The van der Waals surface area contributed by atoms with Crippen molar-refractivity contribution >= 4 is 56.8 Å². The lowest BCUT2D eigenvalue weighted by atomic mass is 10.2. The minimum Gasteiger partial charge on any atom is -0.337 e. The summed E-state index contributed by atoms with van der Waals surface area (Å²) >= 11 is 18.3. The van der Waals surface area contributed by atoms with Crippen LogP contribution in [0.1, 0.15) is 11.3 Å². The average Bonchev–Trinajstić information content (AvgIpc) is 2.91. The normalized spacial score (nSPS) is 16.0. The standard InChI is InChI=1S/C18H19Cl3N4O3S/c1-12-13(18(21)23(2)22-12)6-7-16(26)24-8-10-25(11-9-24)29(27,28)17-14(19)4-3-5-15(17)20/h3-7H,8-11H2,1-2H3/b7-6+. The number of sulfonamides is 1. The number of hydrogen-bond acceptors (Lipinski definition) is 4. The summed E-state index contributed by atoms with van der Waals surface area (Å²) in [6, 6.07) is 4.55. The van der Waals surface area contributed by atoms with Gasteiger partial charge in [0.2, 0.25) is 15.9 Å². The Balaban J connectivity index is 1.69. The second-order valence-corrected chi connectivity index (χ2v) is 9.57. The van der Waals surface area contributed by atoms with Gasteiger partial charge in [0.05, 0.1) is 15.7 Å². The van der Waals surface area contributed by atoms with E-state index in [9.17, 15) is 13.2 Å². The van der Waals surface area contributed by atoms with Crippen molar-refractivity contribution in [3.8, 4) is 0 Å². The van der Waals surface area contributed by atoms with Crippen LogP contribution in [0.25, 0.3) is 6.08 Å². The summed E-state index contributed by atoms with van der Waals surface area (Å²) in [5.74, 6) is -0.225. The molecule has 1 aromatic carbocycles. The molecular formula is C18H19Cl3N4O3S. The average molecular weight is 478 g/mol. The van der Waals surface area contributed by atoms with Crippen LogP contribution in [-0.4, -0.2) is 59.5 Å². The van der Waals surface area contributed by atoms with E-state index >= 15 is 0 Å². The number of hydrogen-bond donors (Lipinski definition) is 0. The molecule has 1 fully saturated rings. The van der Waals surface area contributed by atoms with E-state index in [2.05, 4.69) is 5.10 Å². The first-order valence-corrected chi connectivity index (χ1v) is 11.3. The molecule has 1 aromatic heterocycles. The highest BCUT2D eigenvalue weighted by molar-refractivity contribution is 7.89. The fraction of sp³-hybridized carbons (Fsp3) is 0.333. The van der Waals surface area contributed by atoms with E-state index in [1.165, 1.54) is 27.2 Å². The topological polar surface area (TPSA) is 75.5 Å². The first-order chi connectivity index (χ1) is 13.6. The SMILES string of the molecule is Cc1nn(C)c(Cl)c1/C=C/C(=O)N1CCN(S(=O)(=O)c2c(Cl)cccc2Cl)CC1. The van der Waals surface area contributed by atoms with Crippen LogP contribution in [-0.2, 0) is 21.9 Å². The van der Waals surface area contributed by atoms with Crippen molar-refractivity contribution in [2.45, 2.75) is 11.8 Å². The monoisotopic (exact) mass is 476 g/mol. The molecule has 0 radical (unpaired) electrons. The van der Waals surface area contributed by atoms with Crippen molar-refractivity contribution in [3.63, 3.8) is 0 Å². The fourth-order valence-electron chi connectivity index (χ4n) is 3.10. The number of halogens is 3. The lowest BCUT2D eigenvalue weighted by molar-refractivity contribution is -0.127. The van der Waals surface area contributed by atoms with E-state index in [1.54, 1.807) is 31.0 Å². The van der Waals surface area contributed by atoms with Crippen LogP contribution in [0.15, 0.2) is 29.2 Å². The van der Waals surface area contributed by atoms with Crippen LogP contribution < -0.4 is 0 Å². The van der Waals surface area contributed by atoms with E-state index < -0.39 is 10.0 Å². The third-order valence-electron chi connectivity index (χ3n) is 4.66. The van der Waals surface area contributed by atoms with E-state index in [-0.39, 0.29) is 47.0 Å². The number of rotatable bonds is 4. The van der Waals surface area contributed by atoms with Crippen LogP contribution in [0.4, 0.5) is 0 Å². The molecule has 2 aromatic rings. The van der Waals surface area contributed by atoms with Crippen LogP contribution in [0.2, 0.25) is 15.2 Å². The molecule has 1 aliphatic heterocycles. The van der Waals surface area contributed by atoms with Gasteiger partial charge in [-0.1, -0.05) is 40.9 Å². The highest BCUT2D eigenvalue weighted by atomic mass is 35.5. The largest absolute Gasteiger partial charge is 0.337 e. The molecule has 0 spiro atoms. The number of aromatic nitrogens is 2. The highest BCUT2D eigenvalue weighted by Crippen LogP contribution is 2.32. The van der Waals surface area contributed by atoms with E-state index in [4.69, 9.17) is 34.8 Å². The third-order valence-corrected chi connectivity index (χ3v) is 7.96. The Labute approximate surface area is 184 Å². The second-order valence-electron chi connectivity index (χ2n) is 6.53. The summed E-state index contributed by atoms with van der Waals surface area (Å²) in [5, 5.41) is 4.78. The summed E-state index contributed by atoms with van der Waals surface area (Å²) in [5.41, 5.74) is 1.39. The fourth-order valence-corrected chi connectivity index (χ4v) is 5.85. The first kappa shape index (κ1) is 22.1. The quantitative estimate of drug-likeness (QED) is 0.634. The number of amides is 1. The Kier molecular flexibility index (Phi) is 6.60. The molecule has 29 heavy (non-hydrogen) atoms. The molecule has 2 heterocycles.